The van der Waals surface area contributed by atoms with Gasteiger partial charge < -0.3 is 4.74 Å². The summed E-state index contributed by atoms with van der Waals surface area (Å²) in [6.45, 7) is 19.8. The SMILES string of the molecule is CC(=O)C1=C(C)CC2(C)CC3(C)Cc4ccc(CC(=O)OCC(C)(C)C)c(C)c4C(=O)C3=C(C)C2(C)C1=O. The van der Waals surface area contributed by atoms with Crippen LogP contribution in [0, 0.1) is 28.6 Å². The molecule has 0 aromatic heterocycles. The number of esters is 1. The molecule has 5 heteroatoms. The molecule has 0 amide bonds. The lowest BCUT2D eigenvalue weighted by Crippen LogP contribution is -2.57. The average Bonchev–Trinajstić information content (AvgIpc) is 2.75. The van der Waals surface area contributed by atoms with E-state index in [-0.39, 0.29) is 35.2 Å². The Bertz CT molecular complexity index is 1350. The molecule has 0 saturated heterocycles. The fourth-order valence-electron chi connectivity index (χ4n) is 7.65. The van der Waals surface area contributed by atoms with Gasteiger partial charge in [0, 0.05) is 16.6 Å². The van der Waals surface area contributed by atoms with Crippen molar-refractivity contribution in [2.45, 2.75) is 94.9 Å². The fraction of sp³-hybridized carbons (Fsp3) is 0.576. The third-order valence-electron chi connectivity index (χ3n) is 9.53. The van der Waals surface area contributed by atoms with Crippen molar-refractivity contribution in [3.05, 3.63) is 56.7 Å². The lowest BCUT2D eigenvalue weighted by molar-refractivity contribution is -0.145. The van der Waals surface area contributed by atoms with Gasteiger partial charge in [0.25, 0.3) is 0 Å². The summed E-state index contributed by atoms with van der Waals surface area (Å²) in [6.07, 6.45) is 2.14. The van der Waals surface area contributed by atoms with Crippen molar-refractivity contribution in [3.8, 4) is 0 Å². The summed E-state index contributed by atoms with van der Waals surface area (Å²) >= 11 is 0. The van der Waals surface area contributed by atoms with Crippen molar-refractivity contribution in [1.82, 2.24) is 0 Å². The van der Waals surface area contributed by atoms with Crippen LogP contribution in [0.25, 0.3) is 0 Å². The summed E-state index contributed by atoms with van der Waals surface area (Å²) in [7, 11) is 0. The van der Waals surface area contributed by atoms with Crippen molar-refractivity contribution in [2.75, 3.05) is 6.61 Å². The third kappa shape index (κ3) is 4.13. The second-order valence-electron chi connectivity index (χ2n) is 13.9. The Morgan fingerprint density at radius 2 is 1.63 bits per heavy atom. The van der Waals surface area contributed by atoms with Gasteiger partial charge >= 0.3 is 5.97 Å². The van der Waals surface area contributed by atoms with Crippen LogP contribution < -0.4 is 0 Å². The molecule has 204 valence electrons. The predicted molar refractivity (Wildman–Crippen MR) is 148 cm³/mol. The van der Waals surface area contributed by atoms with Crippen LogP contribution in [0.1, 0.15) is 102 Å². The Balaban J connectivity index is 1.81. The van der Waals surface area contributed by atoms with Crippen LogP contribution >= 0.6 is 0 Å². The van der Waals surface area contributed by atoms with E-state index >= 15 is 0 Å². The van der Waals surface area contributed by atoms with Crippen LogP contribution in [0.4, 0.5) is 0 Å². The summed E-state index contributed by atoms with van der Waals surface area (Å²) in [5, 5.41) is 0. The molecular weight excluding hydrogens is 476 g/mol. The molecule has 1 aromatic rings. The highest BCUT2D eigenvalue weighted by Gasteiger charge is 2.63. The van der Waals surface area contributed by atoms with Crippen LogP contribution in [0.5, 0.6) is 0 Å². The molecule has 0 heterocycles. The van der Waals surface area contributed by atoms with Crippen molar-refractivity contribution in [1.29, 1.82) is 0 Å². The van der Waals surface area contributed by atoms with E-state index in [0.717, 1.165) is 27.8 Å². The number of benzene rings is 1. The molecule has 3 atom stereocenters. The number of rotatable bonds is 4. The van der Waals surface area contributed by atoms with Gasteiger partial charge in [-0.2, -0.15) is 0 Å². The number of Topliss-reactive ketones (excluding diaryl/α,β-unsaturated/α-hetero) is 3. The number of hydrogen-bond acceptors (Lipinski definition) is 5. The van der Waals surface area contributed by atoms with E-state index in [9.17, 15) is 19.2 Å². The summed E-state index contributed by atoms with van der Waals surface area (Å²) < 4.78 is 5.49. The maximum absolute atomic E-state index is 14.3. The van der Waals surface area contributed by atoms with E-state index in [1.54, 1.807) is 0 Å². The number of hydrogen-bond donors (Lipinski definition) is 0. The van der Waals surface area contributed by atoms with Gasteiger partial charge in [0.05, 0.1) is 24.0 Å². The number of fused-ring (bicyclic) bond motifs is 3. The van der Waals surface area contributed by atoms with Crippen LogP contribution in [0.2, 0.25) is 0 Å². The topological polar surface area (TPSA) is 77.5 Å². The highest BCUT2D eigenvalue weighted by molar-refractivity contribution is 6.24. The second-order valence-corrected chi connectivity index (χ2v) is 13.9. The molecule has 0 radical (unpaired) electrons. The van der Waals surface area contributed by atoms with E-state index in [4.69, 9.17) is 4.74 Å². The zero-order chi connectivity index (χ0) is 28.6. The molecule has 3 unspecified atom stereocenters. The molecule has 0 N–H and O–H groups in total. The second kappa shape index (κ2) is 8.86. The van der Waals surface area contributed by atoms with Crippen molar-refractivity contribution in [2.24, 2.45) is 21.7 Å². The first kappa shape index (κ1) is 28.2. The van der Waals surface area contributed by atoms with Gasteiger partial charge in [-0.05, 0) is 81.4 Å². The number of carbonyl (C=O) groups is 4. The maximum atomic E-state index is 14.3. The first-order valence-corrected chi connectivity index (χ1v) is 13.7. The predicted octanol–water partition coefficient (Wildman–Crippen LogP) is 6.48. The summed E-state index contributed by atoms with van der Waals surface area (Å²) in [4.78, 5) is 53.4. The molecule has 3 aliphatic carbocycles. The highest BCUT2D eigenvalue weighted by atomic mass is 16.5. The molecule has 3 aliphatic rings. The number of allylic oxidation sites excluding steroid dienone is 4. The zero-order valence-corrected chi connectivity index (χ0v) is 24.7. The average molecular weight is 519 g/mol. The Morgan fingerprint density at radius 1 is 1.00 bits per heavy atom. The van der Waals surface area contributed by atoms with Crippen molar-refractivity contribution < 1.29 is 23.9 Å². The third-order valence-corrected chi connectivity index (χ3v) is 9.53. The smallest absolute Gasteiger partial charge is 0.310 e. The summed E-state index contributed by atoms with van der Waals surface area (Å²) in [5.41, 5.74) is 3.99. The molecule has 4 rings (SSSR count). The quantitative estimate of drug-likeness (QED) is 0.337. The van der Waals surface area contributed by atoms with Gasteiger partial charge in [0.2, 0.25) is 0 Å². The van der Waals surface area contributed by atoms with E-state index in [1.165, 1.54) is 6.92 Å². The fourth-order valence-corrected chi connectivity index (χ4v) is 7.65. The van der Waals surface area contributed by atoms with Gasteiger partial charge in [-0.25, -0.2) is 0 Å². The number of ketones is 3. The standard InChI is InChI=1S/C33H42O5/c1-18-14-32(9)16-31(8)15-23-12-11-22(13-24(35)38-17-30(5,6)7)19(2)26(23)28(36)27(31)20(3)33(32,10)29(37)25(18)21(4)34/h11-12H,13-17H2,1-10H3. The molecule has 1 aromatic carbocycles. The van der Waals surface area contributed by atoms with E-state index < -0.39 is 16.2 Å². The largest absolute Gasteiger partial charge is 0.465 e. The Kier molecular flexibility index (Phi) is 6.57. The molecule has 0 saturated carbocycles. The van der Waals surface area contributed by atoms with E-state index in [2.05, 4.69) is 13.8 Å². The molecule has 5 nitrogen and oxygen atoms in total. The van der Waals surface area contributed by atoms with Gasteiger partial charge in [0.1, 0.15) is 0 Å². The minimum Gasteiger partial charge on any atom is -0.465 e. The minimum absolute atomic E-state index is 0.0552. The highest BCUT2D eigenvalue weighted by Crippen LogP contribution is 2.66. The normalized spacial score (nSPS) is 29.1. The van der Waals surface area contributed by atoms with Crippen LogP contribution in [-0.4, -0.2) is 29.9 Å². The van der Waals surface area contributed by atoms with Crippen LogP contribution in [-0.2, 0) is 32.0 Å². The number of carbonyl (C=O) groups excluding carboxylic acids is 4. The summed E-state index contributed by atoms with van der Waals surface area (Å²) in [6, 6.07) is 3.95. The molecule has 38 heavy (non-hydrogen) atoms. The van der Waals surface area contributed by atoms with Gasteiger partial charge in [-0.15, -0.1) is 0 Å². The Morgan fingerprint density at radius 3 is 2.21 bits per heavy atom. The number of ether oxygens (including phenoxy) is 1. The van der Waals surface area contributed by atoms with Gasteiger partial charge in [-0.3, -0.25) is 19.2 Å². The molecule has 0 aliphatic heterocycles. The van der Waals surface area contributed by atoms with Crippen LogP contribution in [0.3, 0.4) is 0 Å². The molecule has 0 fully saturated rings. The van der Waals surface area contributed by atoms with Crippen molar-refractivity contribution in [3.63, 3.8) is 0 Å². The molecule has 0 bridgehead atoms. The first-order valence-electron chi connectivity index (χ1n) is 13.7. The first-order chi connectivity index (χ1) is 17.4. The van der Waals surface area contributed by atoms with Crippen molar-refractivity contribution >= 4 is 23.3 Å². The Labute approximate surface area is 227 Å². The Hall–Kier alpha value is -2.82. The minimum atomic E-state index is -0.933. The molecule has 0 spiro atoms. The monoisotopic (exact) mass is 518 g/mol. The lowest BCUT2D eigenvalue weighted by atomic mass is 9.42. The van der Waals surface area contributed by atoms with Gasteiger partial charge in [-0.1, -0.05) is 57.9 Å². The van der Waals surface area contributed by atoms with Crippen LogP contribution in [0.15, 0.2) is 34.4 Å². The van der Waals surface area contributed by atoms with E-state index in [0.29, 0.717) is 42.6 Å². The van der Waals surface area contributed by atoms with E-state index in [1.807, 2.05) is 60.6 Å². The van der Waals surface area contributed by atoms with Gasteiger partial charge in [0.15, 0.2) is 17.3 Å². The zero-order valence-electron chi connectivity index (χ0n) is 24.7. The summed E-state index contributed by atoms with van der Waals surface area (Å²) in [5.74, 6) is -0.727. The molecular formula is C33H42O5. The lowest BCUT2D eigenvalue weighted by Gasteiger charge is -2.59. The maximum Gasteiger partial charge on any atom is 0.310 e.